The summed E-state index contributed by atoms with van der Waals surface area (Å²) in [6.07, 6.45) is 3.97. The Balaban J connectivity index is 0.000000225. The van der Waals surface area contributed by atoms with Gasteiger partial charge in [-0.3, -0.25) is 53.0 Å². The molecule has 7 heterocycles. The van der Waals surface area contributed by atoms with Crippen LogP contribution in [-0.4, -0.2) is 219 Å². The number of hydrogen-bond acceptors (Lipinski definition) is 22. The Kier molecular flexibility index (Phi) is 37.3. The van der Waals surface area contributed by atoms with Crippen molar-refractivity contribution in [1.29, 1.82) is 0 Å². The van der Waals surface area contributed by atoms with E-state index >= 15 is 0 Å². The molecule has 7 saturated heterocycles. The molecule has 6 unspecified atom stereocenters. The third-order valence-corrected chi connectivity index (χ3v) is 19.7. The Hall–Kier alpha value is -9.34. The molecule has 7 fully saturated rings. The number of carboxylic acid groups (broad SMARTS) is 1. The number of carboxylic acids is 1. The van der Waals surface area contributed by atoms with E-state index < -0.39 is 138 Å². The molecule has 32 nitrogen and oxygen atoms in total. The first-order chi connectivity index (χ1) is 55.9. The van der Waals surface area contributed by atoms with E-state index in [9.17, 15) is 62.3 Å². The number of hydrogen-bond donors (Lipinski definition) is 6. The average molecular weight is 1750 g/mol. The zero-order valence-electron chi connectivity index (χ0n) is 69.5. The van der Waals surface area contributed by atoms with Gasteiger partial charge in [-0.15, -0.1) is 17.7 Å². The smallest absolute Gasteiger partial charge is 0.411 e. The zero-order chi connectivity index (χ0) is 86.0. The molecule has 0 spiro atoms. The number of likely N-dealkylation sites (tertiary alicyclic amines) is 4. The van der Waals surface area contributed by atoms with Crippen molar-refractivity contribution in [2.45, 2.75) is 282 Å². The van der Waals surface area contributed by atoms with Gasteiger partial charge in [-0.1, -0.05) is 102 Å². The number of esters is 3. The molecule has 0 aliphatic carbocycles. The maximum Gasteiger partial charge on any atom is 0.411 e. The largest absolute Gasteiger partial charge is 0.480 e. The quantitative estimate of drug-likeness (QED) is 0.0257. The third kappa shape index (κ3) is 31.3. The van der Waals surface area contributed by atoms with Crippen molar-refractivity contribution in [3.8, 4) is 0 Å². The normalized spacial score (nSPS) is 22.8. The van der Waals surface area contributed by atoms with E-state index in [1.165, 1.54) is 31.7 Å². The topological polar surface area (TPSA) is 398 Å². The monoisotopic (exact) mass is 1750 g/mol. The van der Waals surface area contributed by atoms with Gasteiger partial charge in [-0.05, 0) is 170 Å². The van der Waals surface area contributed by atoms with Crippen molar-refractivity contribution < 1.29 is 143 Å². The average Bonchev–Trinajstić information content (AvgIpc) is 1.69. The number of alkyl carbamates (subject to hydrolysis) is 1. The number of halogens is 1. The van der Waals surface area contributed by atoms with Gasteiger partial charge in [0.1, 0.15) is 71.2 Å². The molecule has 0 aromatic heterocycles. The van der Waals surface area contributed by atoms with Crippen LogP contribution in [0.5, 0.6) is 0 Å². The SMILES string of the molecule is CC(C)(C)OC(=O)N1CCCC[C@H]1C(=O)NC1CC(=O)OC1OCc1ccccc1.CC(C)(C)OC(=O)N1CCCC[C@H]1C(=O)O.C[C@H](NC(=O)OC(C)(C)C)C(=O)N1CCCC[C@H]1C(=O)NC1CC(=O)OC1OCc1ccccc1.C[C@H](NC(=O)c1cc[c-]c(Cl)c1)C(=O)N1CCCC[C@H]1C(=O)NC1CC(=O)OC1OCc1ccccc1.[Y]. The van der Waals surface area contributed by atoms with Crippen molar-refractivity contribution in [1.82, 2.24) is 46.2 Å². The molecule has 4 aromatic rings. The molecule has 9 amide bonds. The van der Waals surface area contributed by atoms with Crippen molar-refractivity contribution in [2.75, 3.05) is 26.2 Å². The van der Waals surface area contributed by atoms with E-state index in [4.69, 9.17) is 59.3 Å². The maximum atomic E-state index is 13.3. The van der Waals surface area contributed by atoms with Crippen molar-refractivity contribution in [2.24, 2.45) is 0 Å². The van der Waals surface area contributed by atoms with Gasteiger partial charge < -0.3 is 84.1 Å². The number of nitrogens with zero attached hydrogens (tertiary/aromatic N) is 4. The molecule has 1 radical (unpaired) electrons. The van der Waals surface area contributed by atoms with Crippen molar-refractivity contribution >= 4 is 89.2 Å². The van der Waals surface area contributed by atoms with E-state index in [0.717, 1.165) is 68.1 Å². The number of piperidine rings is 4. The molecule has 647 valence electrons. The second-order valence-electron chi connectivity index (χ2n) is 32.7. The fraction of sp³-hybridized carbons (Fsp3) is 0.565. The van der Waals surface area contributed by atoms with Gasteiger partial charge in [-0.2, -0.15) is 18.2 Å². The summed E-state index contributed by atoms with van der Waals surface area (Å²) in [6, 6.07) is 29.2. The van der Waals surface area contributed by atoms with E-state index in [1.54, 1.807) is 82.2 Å². The second kappa shape index (κ2) is 45.9. The molecule has 34 heteroatoms. The summed E-state index contributed by atoms with van der Waals surface area (Å²) in [7, 11) is 0. The van der Waals surface area contributed by atoms with Gasteiger partial charge >= 0.3 is 42.2 Å². The first-order valence-electron chi connectivity index (χ1n) is 40.2. The fourth-order valence-electron chi connectivity index (χ4n) is 13.9. The van der Waals surface area contributed by atoms with Gasteiger partial charge in [0.25, 0.3) is 0 Å². The minimum Gasteiger partial charge on any atom is -0.480 e. The molecule has 0 saturated carbocycles. The molecule has 7 aliphatic rings. The second-order valence-corrected chi connectivity index (χ2v) is 33.1. The molecule has 7 aliphatic heterocycles. The molecular weight excluding hydrogens is 1640 g/mol. The Morgan fingerprint density at radius 2 is 0.782 bits per heavy atom. The Bertz CT molecular complexity index is 4090. The predicted octanol–water partition coefficient (Wildman–Crippen LogP) is 9.48. The Labute approximate surface area is 724 Å². The number of carbonyl (C=O) groups excluding carboxylic acids is 12. The van der Waals surface area contributed by atoms with Gasteiger partial charge in [0, 0.05) is 58.9 Å². The van der Waals surface area contributed by atoms with E-state index in [1.807, 2.05) is 91.0 Å². The van der Waals surface area contributed by atoms with Crippen LogP contribution in [0.3, 0.4) is 0 Å². The summed E-state index contributed by atoms with van der Waals surface area (Å²) in [6.45, 7) is 21.4. The minimum atomic E-state index is -0.953. The summed E-state index contributed by atoms with van der Waals surface area (Å²) in [5, 5.41) is 23.1. The number of rotatable bonds is 21. The number of amides is 9. The van der Waals surface area contributed by atoms with E-state index in [0.29, 0.717) is 62.4 Å². The predicted molar refractivity (Wildman–Crippen MR) is 427 cm³/mol. The summed E-state index contributed by atoms with van der Waals surface area (Å²) >= 11 is 5.91. The zero-order valence-corrected chi connectivity index (χ0v) is 73.1. The first-order valence-corrected chi connectivity index (χ1v) is 40.5. The van der Waals surface area contributed by atoms with Gasteiger partial charge in [0.2, 0.25) is 54.3 Å². The first kappa shape index (κ1) is 96.8. The van der Waals surface area contributed by atoms with Gasteiger partial charge in [0.15, 0.2) is 0 Å². The summed E-state index contributed by atoms with van der Waals surface area (Å²) < 4.78 is 48.9. The Morgan fingerprint density at radius 3 is 1.12 bits per heavy atom. The van der Waals surface area contributed by atoms with Crippen LogP contribution >= 0.6 is 11.6 Å². The maximum absolute atomic E-state index is 13.3. The molecular formula is C85H113ClN9O23Y-. The summed E-state index contributed by atoms with van der Waals surface area (Å²) in [5.74, 6) is -4.56. The van der Waals surface area contributed by atoms with Crippen LogP contribution in [0.1, 0.15) is 200 Å². The summed E-state index contributed by atoms with van der Waals surface area (Å²) in [4.78, 5) is 167. The van der Waals surface area contributed by atoms with Crippen LogP contribution in [0.15, 0.2) is 109 Å². The molecule has 12 atom stereocenters. The van der Waals surface area contributed by atoms with Crippen LogP contribution in [-0.2, 0) is 138 Å². The van der Waals surface area contributed by atoms with Crippen molar-refractivity contribution in [3.05, 3.63) is 143 Å². The molecule has 119 heavy (non-hydrogen) atoms. The van der Waals surface area contributed by atoms with E-state index in [-0.39, 0.29) is 101 Å². The van der Waals surface area contributed by atoms with Crippen LogP contribution in [0.4, 0.5) is 14.4 Å². The molecule has 6 N–H and O–H groups in total. The Morgan fingerprint density at radius 1 is 0.462 bits per heavy atom. The van der Waals surface area contributed by atoms with Gasteiger partial charge in [-0.25, -0.2) is 19.2 Å². The molecule has 11 rings (SSSR count). The number of nitrogens with one attached hydrogen (secondary N) is 5. The fourth-order valence-corrected chi connectivity index (χ4v) is 14.1. The van der Waals surface area contributed by atoms with Crippen molar-refractivity contribution in [3.63, 3.8) is 0 Å². The van der Waals surface area contributed by atoms with Gasteiger partial charge in [0.05, 0.1) is 39.1 Å². The number of aliphatic carboxylic acids is 1. The van der Waals surface area contributed by atoms with Crippen LogP contribution < -0.4 is 26.6 Å². The van der Waals surface area contributed by atoms with Crippen LogP contribution in [0, 0.1) is 6.07 Å². The minimum absolute atomic E-state index is 0. The standard InChI is InChI=1S/C27H29ClN3O6.C25H35N3O7.C22H30N2O6.C11H19NO4.Y/c1-17(29-24(33)19-10-7-11-20(28)14-19)26(35)31-13-6-5-12-22(31)25(34)30-21-15-23(32)37-27(21)36-16-18-8-3-2-4-9-18;1-16(26-24(32)35-25(2,3)4)22(31)28-13-9-8-12-19(28)21(30)27-18-14-20(29)34-23(18)33-15-17-10-6-5-7-11-17;1-22(2,3)30-21(27)24-12-8-7-11-17(24)19(26)23-16-13-18(25)29-20(16)28-14-15-9-5-4-6-10-15;1-11(2,3)16-10(15)12-7-5-4-6-8(12)9(13)14;/h2-4,7-10,14,17,21-22,27H,5-6,12-13,15-16H2,1H3,(H,29,33)(H,30,34);5-7,10-11,16,18-19,23H,8-9,12-15H2,1-4H3,(H,26,32)(H,27,30);4-6,9-10,16-17,20H,7-8,11-14H2,1-3H3,(H,23,26);8H,4-7H2,1-3H3,(H,13,14);/q-1;;;;/t17-,21?,22-,27?;16-,18?,19-,23?;16?,17-,20?;8-;/m0000./s1. The third-order valence-electron chi connectivity index (χ3n) is 19.5. The molecule has 0 bridgehead atoms. The number of ether oxygens (including phenoxy) is 9. The van der Waals surface area contributed by atoms with Crippen LogP contribution in [0.25, 0.3) is 0 Å². The van der Waals surface area contributed by atoms with Crippen LogP contribution in [0.2, 0.25) is 5.02 Å². The number of carbonyl (C=O) groups is 13. The molecule has 4 aromatic carbocycles. The van der Waals surface area contributed by atoms with E-state index in [2.05, 4.69) is 32.7 Å². The number of benzene rings is 4. The summed E-state index contributed by atoms with van der Waals surface area (Å²) in [5.41, 5.74) is 1.15. The number of cyclic esters (lactones) is 3.